The average molecular weight is 231 g/mol. The molecule has 0 aliphatic carbocycles. The van der Waals surface area contributed by atoms with Gasteiger partial charge in [0.25, 0.3) is 0 Å². The summed E-state index contributed by atoms with van der Waals surface area (Å²) in [5.41, 5.74) is 0.582. The maximum Gasteiger partial charge on any atom is 0.161 e. The summed E-state index contributed by atoms with van der Waals surface area (Å²) >= 11 is 5.77. The lowest BCUT2D eigenvalue weighted by atomic mass is 9.85. The van der Waals surface area contributed by atoms with E-state index in [9.17, 15) is 0 Å². The highest BCUT2D eigenvalue weighted by Crippen LogP contribution is 2.26. The average Bonchev–Trinajstić information content (AvgIpc) is 2.31. The molecule has 1 aromatic carbocycles. The molecule has 0 aliphatic rings. The number of nitrogens with zero attached hydrogens (tertiary/aromatic N) is 2. The van der Waals surface area contributed by atoms with Crippen molar-refractivity contribution in [1.29, 1.82) is 10.5 Å². The van der Waals surface area contributed by atoms with Gasteiger partial charge < -0.3 is 0 Å². The first-order chi connectivity index (χ1) is 7.51. The van der Waals surface area contributed by atoms with Crippen LogP contribution in [0.1, 0.15) is 19.4 Å². The Morgan fingerprint density at radius 1 is 1.25 bits per heavy atom. The third-order valence-corrected chi connectivity index (χ3v) is 2.74. The van der Waals surface area contributed by atoms with Crippen molar-refractivity contribution in [2.24, 2.45) is 5.41 Å². The number of nitriles is 2. The second-order valence-electron chi connectivity index (χ2n) is 3.73. The van der Waals surface area contributed by atoms with Crippen molar-refractivity contribution >= 4 is 17.7 Å². The molecule has 1 rings (SSSR count). The molecule has 0 radical (unpaired) electrons. The summed E-state index contributed by atoms with van der Waals surface area (Å²) in [6.45, 7) is 3.38. The Balaban J connectivity index is 3.08. The van der Waals surface area contributed by atoms with Gasteiger partial charge in [0, 0.05) is 5.02 Å². The minimum absolute atomic E-state index is 0.665. The predicted octanol–water partition coefficient (Wildman–Crippen LogP) is 3.80. The summed E-state index contributed by atoms with van der Waals surface area (Å²) < 4.78 is 0. The first-order valence-corrected chi connectivity index (χ1v) is 5.16. The molecule has 80 valence electrons. The molecule has 0 saturated carbocycles. The van der Waals surface area contributed by atoms with Gasteiger partial charge in [-0.3, -0.25) is 0 Å². The van der Waals surface area contributed by atoms with E-state index in [0.717, 1.165) is 11.1 Å². The largest absolute Gasteiger partial charge is 0.196 e. The molecule has 0 saturated heterocycles. The van der Waals surface area contributed by atoms with E-state index < -0.39 is 5.41 Å². The monoisotopic (exact) mass is 230 g/mol. The zero-order chi connectivity index (χ0) is 12.2. The van der Waals surface area contributed by atoms with Crippen molar-refractivity contribution in [2.75, 3.05) is 0 Å². The Hall–Kier alpha value is -1.77. The van der Waals surface area contributed by atoms with Crippen molar-refractivity contribution in [3.05, 3.63) is 40.4 Å². The smallest absolute Gasteiger partial charge is 0.161 e. The maximum absolute atomic E-state index is 8.94. The van der Waals surface area contributed by atoms with Gasteiger partial charge in [-0.15, -0.1) is 0 Å². The van der Waals surface area contributed by atoms with Crippen LogP contribution in [0.5, 0.6) is 0 Å². The molecule has 0 aromatic heterocycles. The molecule has 0 aliphatic heterocycles. The van der Waals surface area contributed by atoms with Gasteiger partial charge in [-0.1, -0.05) is 29.8 Å². The van der Waals surface area contributed by atoms with E-state index in [2.05, 4.69) is 0 Å². The quantitative estimate of drug-likeness (QED) is 0.776. The van der Waals surface area contributed by atoms with Crippen LogP contribution in [0.4, 0.5) is 0 Å². The van der Waals surface area contributed by atoms with Crippen LogP contribution in [0.25, 0.3) is 6.08 Å². The zero-order valence-electron chi connectivity index (χ0n) is 9.16. The van der Waals surface area contributed by atoms with Crippen LogP contribution in [0.15, 0.2) is 29.8 Å². The lowest BCUT2D eigenvalue weighted by Crippen LogP contribution is -2.11. The molecule has 0 N–H and O–H groups in total. The normalized spacial score (nSPS) is 11.7. The van der Waals surface area contributed by atoms with Crippen LogP contribution >= 0.6 is 11.6 Å². The van der Waals surface area contributed by atoms with Crippen molar-refractivity contribution in [3.8, 4) is 12.1 Å². The molecular weight excluding hydrogens is 220 g/mol. The highest BCUT2D eigenvalue weighted by molar-refractivity contribution is 6.30. The van der Waals surface area contributed by atoms with Gasteiger partial charge in [0.1, 0.15) is 0 Å². The number of benzene rings is 1. The van der Waals surface area contributed by atoms with Crippen LogP contribution in [0.2, 0.25) is 5.02 Å². The number of hydrogen-bond acceptors (Lipinski definition) is 2. The van der Waals surface area contributed by atoms with Gasteiger partial charge in [-0.05, 0) is 37.1 Å². The van der Waals surface area contributed by atoms with Crippen LogP contribution in [0, 0.1) is 28.1 Å². The van der Waals surface area contributed by atoms with E-state index >= 15 is 0 Å². The minimum Gasteiger partial charge on any atom is -0.196 e. The summed E-state index contributed by atoms with van der Waals surface area (Å²) in [4.78, 5) is 0. The van der Waals surface area contributed by atoms with Gasteiger partial charge in [0.15, 0.2) is 5.41 Å². The fraction of sp³-hybridized carbons (Fsp3) is 0.231. The topological polar surface area (TPSA) is 47.6 Å². The van der Waals surface area contributed by atoms with E-state index in [-0.39, 0.29) is 0 Å². The number of rotatable bonds is 2. The molecule has 0 fully saturated rings. The van der Waals surface area contributed by atoms with Gasteiger partial charge in [0.05, 0.1) is 12.1 Å². The number of hydrogen-bond donors (Lipinski definition) is 0. The molecule has 0 heterocycles. The Bertz CT molecular complexity index is 472. The zero-order valence-corrected chi connectivity index (χ0v) is 9.92. The molecule has 0 bridgehead atoms. The van der Waals surface area contributed by atoms with Gasteiger partial charge in [-0.2, -0.15) is 10.5 Å². The summed E-state index contributed by atoms with van der Waals surface area (Å²) in [7, 11) is 0. The van der Waals surface area contributed by atoms with E-state index in [0.29, 0.717) is 5.02 Å². The molecule has 0 amide bonds. The summed E-state index contributed by atoms with van der Waals surface area (Å²) in [5, 5.41) is 18.6. The maximum atomic E-state index is 8.94. The van der Waals surface area contributed by atoms with Crippen LogP contribution in [0.3, 0.4) is 0 Å². The lowest BCUT2D eigenvalue weighted by Gasteiger charge is -2.12. The Kier molecular flexibility index (Phi) is 3.72. The molecule has 1 aromatic rings. The molecule has 0 atom stereocenters. The third kappa shape index (κ3) is 2.63. The number of allylic oxidation sites excluding steroid dienone is 1. The first-order valence-electron chi connectivity index (χ1n) is 4.78. The van der Waals surface area contributed by atoms with Crippen molar-refractivity contribution < 1.29 is 0 Å². The van der Waals surface area contributed by atoms with E-state index in [1.54, 1.807) is 26.0 Å². The molecule has 16 heavy (non-hydrogen) atoms. The lowest BCUT2D eigenvalue weighted by molar-refractivity contribution is 0.703. The van der Waals surface area contributed by atoms with Gasteiger partial charge in [0.2, 0.25) is 0 Å². The fourth-order valence-corrected chi connectivity index (χ4v) is 1.28. The van der Waals surface area contributed by atoms with Crippen LogP contribution in [-0.4, -0.2) is 0 Å². The van der Waals surface area contributed by atoms with Gasteiger partial charge >= 0.3 is 0 Å². The Morgan fingerprint density at radius 3 is 2.19 bits per heavy atom. The van der Waals surface area contributed by atoms with E-state index in [1.807, 2.05) is 30.3 Å². The molecule has 0 spiro atoms. The fourth-order valence-electron chi connectivity index (χ4n) is 1.15. The standard InChI is InChI=1S/C13H11ClN2/c1-10(13(2,8-15)9-16)7-11-3-5-12(14)6-4-11/h3-7H,1-2H3/b10-7+. The van der Waals surface area contributed by atoms with Gasteiger partial charge in [-0.25, -0.2) is 0 Å². The molecular formula is C13H11ClN2. The summed E-state index contributed by atoms with van der Waals surface area (Å²) in [6, 6.07) is 11.3. The highest BCUT2D eigenvalue weighted by Gasteiger charge is 2.25. The van der Waals surface area contributed by atoms with Crippen molar-refractivity contribution in [2.45, 2.75) is 13.8 Å². The van der Waals surface area contributed by atoms with E-state index in [1.165, 1.54) is 0 Å². The Morgan fingerprint density at radius 2 is 1.75 bits per heavy atom. The summed E-state index contributed by atoms with van der Waals surface area (Å²) in [5.74, 6) is 0. The second-order valence-corrected chi connectivity index (χ2v) is 4.16. The van der Waals surface area contributed by atoms with Crippen LogP contribution < -0.4 is 0 Å². The second kappa shape index (κ2) is 4.84. The van der Waals surface area contributed by atoms with E-state index in [4.69, 9.17) is 22.1 Å². The number of halogens is 1. The Labute approximate surface area is 100 Å². The molecule has 3 heteroatoms. The minimum atomic E-state index is -1.07. The van der Waals surface area contributed by atoms with Crippen molar-refractivity contribution in [1.82, 2.24) is 0 Å². The van der Waals surface area contributed by atoms with Crippen molar-refractivity contribution in [3.63, 3.8) is 0 Å². The predicted molar refractivity (Wildman–Crippen MR) is 64.4 cm³/mol. The highest BCUT2D eigenvalue weighted by atomic mass is 35.5. The summed E-state index contributed by atoms with van der Waals surface area (Å²) in [6.07, 6.45) is 1.82. The van der Waals surface area contributed by atoms with Crippen LogP contribution in [-0.2, 0) is 0 Å². The SMILES string of the molecule is C/C(=C\c1ccc(Cl)cc1)C(C)(C#N)C#N. The molecule has 2 nitrogen and oxygen atoms in total. The molecule has 0 unspecified atom stereocenters. The first kappa shape index (κ1) is 12.3. The third-order valence-electron chi connectivity index (χ3n) is 2.49.